The first-order chi connectivity index (χ1) is 10.8. The van der Waals surface area contributed by atoms with Crippen LogP contribution in [0.4, 0.5) is 0 Å². The average molecular weight is 290 g/mol. The molecular weight excluding hydrogens is 272 g/mol. The van der Waals surface area contributed by atoms with Crippen LogP contribution in [0.2, 0.25) is 0 Å². The van der Waals surface area contributed by atoms with E-state index >= 15 is 0 Å². The Bertz CT molecular complexity index is 703. The average Bonchev–Trinajstić information content (AvgIpc) is 3.03. The first kappa shape index (κ1) is 14.3. The fourth-order valence-corrected chi connectivity index (χ4v) is 3.09. The largest absolute Gasteiger partial charge is 0.335 e. The van der Waals surface area contributed by atoms with Crippen LogP contribution in [0, 0.1) is 11.3 Å². The summed E-state index contributed by atoms with van der Waals surface area (Å²) in [5.74, 6) is 0.0375. The van der Waals surface area contributed by atoms with Gasteiger partial charge in [-0.2, -0.15) is 5.26 Å². The van der Waals surface area contributed by atoms with Crippen molar-refractivity contribution in [2.45, 2.75) is 25.3 Å². The monoisotopic (exact) mass is 290 g/mol. The number of nitriles is 1. The summed E-state index contributed by atoms with van der Waals surface area (Å²) >= 11 is 0. The lowest BCUT2D eigenvalue weighted by Gasteiger charge is -2.25. The van der Waals surface area contributed by atoms with Crippen LogP contribution in [0.15, 0.2) is 54.6 Å². The Morgan fingerprint density at radius 3 is 2.77 bits per heavy atom. The van der Waals surface area contributed by atoms with Gasteiger partial charge in [-0.25, -0.2) is 0 Å². The fraction of sp³-hybridized carbons (Fsp3) is 0.263. The number of likely N-dealkylation sites (tertiary alicyclic amines) is 1. The molecule has 1 fully saturated rings. The summed E-state index contributed by atoms with van der Waals surface area (Å²) in [6.45, 7) is 0.799. The van der Waals surface area contributed by atoms with E-state index in [2.05, 4.69) is 18.2 Å². The van der Waals surface area contributed by atoms with Gasteiger partial charge in [-0.3, -0.25) is 4.79 Å². The molecule has 22 heavy (non-hydrogen) atoms. The molecule has 0 saturated carbocycles. The summed E-state index contributed by atoms with van der Waals surface area (Å²) in [7, 11) is 0. The Kier molecular flexibility index (Phi) is 4.20. The number of hydrogen-bond acceptors (Lipinski definition) is 2. The molecule has 1 heterocycles. The van der Waals surface area contributed by atoms with Gasteiger partial charge in [0.2, 0.25) is 0 Å². The number of carbonyl (C=O) groups is 1. The number of rotatable bonds is 3. The third kappa shape index (κ3) is 3.01. The second kappa shape index (κ2) is 6.44. The van der Waals surface area contributed by atoms with Gasteiger partial charge in [0.05, 0.1) is 11.6 Å². The van der Waals surface area contributed by atoms with Gasteiger partial charge in [0.25, 0.3) is 5.91 Å². The molecule has 0 radical (unpaired) electrons. The summed E-state index contributed by atoms with van der Waals surface area (Å²) in [6.07, 6.45) is 2.98. The van der Waals surface area contributed by atoms with Crippen molar-refractivity contribution in [3.05, 3.63) is 71.3 Å². The summed E-state index contributed by atoms with van der Waals surface area (Å²) in [5, 5.41) is 8.98. The van der Waals surface area contributed by atoms with Crippen molar-refractivity contribution in [2.24, 2.45) is 0 Å². The molecule has 0 aliphatic carbocycles. The summed E-state index contributed by atoms with van der Waals surface area (Å²) in [6, 6.07) is 19.6. The molecule has 2 aromatic carbocycles. The SMILES string of the molecule is N#Cc1cccc(C(=O)N2CCCC2Cc2ccccc2)c1. The maximum atomic E-state index is 12.7. The van der Waals surface area contributed by atoms with Crippen molar-refractivity contribution in [1.82, 2.24) is 4.90 Å². The number of carbonyl (C=O) groups excluding carboxylic acids is 1. The highest BCUT2D eigenvalue weighted by molar-refractivity contribution is 5.95. The summed E-state index contributed by atoms with van der Waals surface area (Å²) in [4.78, 5) is 14.7. The minimum Gasteiger partial charge on any atom is -0.335 e. The molecule has 110 valence electrons. The predicted molar refractivity (Wildman–Crippen MR) is 85.4 cm³/mol. The molecule has 1 unspecified atom stereocenters. The van der Waals surface area contributed by atoms with Crippen molar-refractivity contribution in [3.8, 4) is 6.07 Å². The zero-order valence-electron chi connectivity index (χ0n) is 12.4. The van der Waals surface area contributed by atoms with Crippen molar-refractivity contribution in [3.63, 3.8) is 0 Å². The van der Waals surface area contributed by atoms with Gasteiger partial charge in [-0.15, -0.1) is 0 Å². The minimum atomic E-state index is 0.0375. The zero-order valence-corrected chi connectivity index (χ0v) is 12.4. The molecule has 1 saturated heterocycles. The van der Waals surface area contributed by atoms with E-state index in [1.807, 2.05) is 23.1 Å². The molecule has 1 aliphatic rings. The third-order valence-corrected chi connectivity index (χ3v) is 4.19. The standard InChI is InChI=1S/C19H18N2O/c20-14-16-8-4-9-17(12-16)19(22)21-11-5-10-18(21)13-15-6-2-1-3-7-15/h1-4,6-9,12,18H,5,10-11,13H2. The van der Waals surface area contributed by atoms with Crippen molar-refractivity contribution < 1.29 is 4.79 Å². The maximum Gasteiger partial charge on any atom is 0.254 e. The lowest BCUT2D eigenvalue weighted by molar-refractivity contribution is 0.0736. The van der Waals surface area contributed by atoms with Crippen LogP contribution < -0.4 is 0 Å². The number of benzene rings is 2. The Hall–Kier alpha value is -2.60. The van der Waals surface area contributed by atoms with Gasteiger partial charge in [0, 0.05) is 18.2 Å². The Morgan fingerprint density at radius 1 is 1.18 bits per heavy atom. The van der Waals surface area contributed by atoms with Gasteiger partial charge >= 0.3 is 0 Å². The maximum absolute atomic E-state index is 12.7. The van der Waals surface area contributed by atoms with Crippen molar-refractivity contribution in [1.29, 1.82) is 5.26 Å². The van der Waals surface area contributed by atoms with Gasteiger partial charge < -0.3 is 4.90 Å². The van der Waals surface area contributed by atoms with Crippen molar-refractivity contribution >= 4 is 5.91 Å². The molecule has 1 atom stereocenters. The molecule has 1 aliphatic heterocycles. The van der Waals surface area contributed by atoms with E-state index in [1.54, 1.807) is 24.3 Å². The van der Waals surface area contributed by atoms with Crippen LogP contribution in [0.25, 0.3) is 0 Å². The molecule has 0 N–H and O–H groups in total. The van der Waals surface area contributed by atoms with Crippen molar-refractivity contribution in [2.75, 3.05) is 6.54 Å². The Balaban J connectivity index is 1.77. The first-order valence-electron chi connectivity index (χ1n) is 7.63. The van der Waals surface area contributed by atoms with Gasteiger partial charge in [-0.05, 0) is 43.0 Å². The van der Waals surface area contributed by atoms with E-state index in [0.29, 0.717) is 11.1 Å². The lowest BCUT2D eigenvalue weighted by Crippen LogP contribution is -2.36. The highest BCUT2D eigenvalue weighted by atomic mass is 16.2. The first-order valence-corrected chi connectivity index (χ1v) is 7.63. The molecule has 0 aromatic heterocycles. The topological polar surface area (TPSA) is 44.1 Å². The number of hydrogen-bond donors (Lipinski definition) is 0. The van der Waals surface area contributed by atoms with Crippen LogP contribution in [0.1, 0.15) is 34.3 Å². The summed E-state index contributed by atoms with van der Waals surface area (Å²) < 4.78 is 0. The van der Waals surface area contributed by atoms with E-state index in [0.717, 1.165) is 25.8 Å². The molecule has 2 aromatic rings. The van der Waals surface area contributed by atoms with Crippen LogP contribution >= 0.6 is 0 Å². The molecule has 3 nitrogen and oxygen atoms in total. The lowest BCUT2D eigenvalue weighted by atomic mass is 10.0. The summed E-state index contributed by atoms with van der Waals surface area (Å²) in [5.41, 5.74) is 2.40. The molecule has 1 amide bonds. The van der Waals surface area contributed by atoms with Crippen LogP contribution in [-0.2, 0) is 6.42 Å². The van der Waals surface area contributed by atoms with E-state index in [4.69, 9.17) is 5.26 Å². The van der Waals surface area contributed by atoms with E-state index in [1.165, 1.54) is 5.56 Å². The fourth-order valence-electron chi connectivity index (χ4n) is 3.09. The van der Waals surface area contributed by atoms with Crippen LogP contribution in [-0.4, -0.2) is 23.4 Å². The molecule has 3 rings (SSSR count). The number of nitrogens with zero attached hydrogens (tertiary/aromatic N) is 2. The highest BCUT2D eigenvalue weighted by Gasteiger charge is 2.29. The molecule has 0 bridgehead atoms. The second-order valence-corrected chi connectivity index (χ2v) is 5.68. The Labute approximate surface area is 130 Å². The van der Waals surface area contributed by atoms with E-state index < -0.39 is 0 Å². The molecular formula is C19H18N2O. The normalized spacial score (nSPS) is 17.2. The third-order valence-electron chi connectivity index (χ3n) is 4.19. The molecule has 3 heteroatoms. The minimum absolute atomic E-state index is 0.0375. The quantitative estimate of drug-likeness (QED) is 0.869. The second-order valence-electron chi connectivity index (χ2n) is 5.68. The molecule has 0 spiro atoms. The highest BCUT2D eigenvalue weighted by Crippen LogP contribution is 2.23. The Morgan fingerprint density at radius 2 is 2.00 bits per heavy atom. The van der Waals surface area contributed by atoms with Gasteiger partial charge in [-0.1, -0.05) is 36.4 Å². The van der Waals surface area contributed by atoms with E-state index in [9.17, 15) is 4.79 Å². The smallest absolute Gasteiger partial charge is 0.254 e. The zero-order chi connectivity index (χ0) is 15.4. The van der Waals surface area contributed by atoms with E-state index in [-0.39, 0.29) is 11.9 Å². The van der Waals surface area contributed by atoms with Gasteiger partial charge in [0.15, 0.2) is 0 Å². The number of amides is 1. The van der Waals surface area contributed by atoms with Crippen LogP contribution in [0.5, 0.6) is 0 Å². The predicted octanol–water partition coefficient (Wildman–Crippen LogP) is 3.41. The van der Waals surface area contributed by atoms with Gasteiger partial charge in [0.1, 0.15) is 0 Å². The van der Waals surface area contributed by atoms with Crippen LogP contribution in [0.3, 0.4) is 0 Å².